The smallest absolute Gasteiger partial charge is 0.340 e. The van der Waals surface area contributed by atoms with Gasteiger partial charge in [0, 0.05) is 49.1 Å². The van der Waals surface area contributed by atoms with Crippen molar-refractivity contribution in [2.24, 2.45) is 5.92 Å². The van der Waals surface area contributed by atoms with Gasteiger partial charge >= 0.3 is 5.97 Å². The summed E-state index contributed by atoms with van der Waals surface area (Å²) in [6.07, 6.45) is 4.32. The molecule has 40 heavy (non-hydrogen) atoms. The van der Waals surface area contributed by atoms with Gasteiger partial charge in [-0.3, -0.25) is 0 Å². The van der Waals surface area contributed by atoms with E-state index in [0.29, 0.717) is 34.6 Å². The fourth-order valence-corrected chi connectivity index (χ4v) is 5.95. The average molecular weight is 543 g/mol. The second kappa shape index (κ2) is 11.5. The summed E-state index contributed by atoms with van der Waals surface area (Å²) in [5.74, 6) is 1.96. The number of hydrogen-bond donors (Lipinski definition) is 0. The fraction of sp³-hybridized carbons (Fsp3) is 0.485. The molecule has 3 aromatic rings. The fourth-order valence-electron chi connectivity index (χ4n) is 5.95. The minimum absolute atomic E-state index is 0.343. The van der Waals surface area contributed by atoms with Gasteiger partial charge in [0.15, 0.2) is 5.60 Å². The number of rotatable bonds is 11. The van der Waals surface area contributed by atoms with Gasteiger partial charge in [0.05, 0.1) is 16.8 Å². The Bertz CT molecular complexity index is 1380. The first kappa shape index (κ1) is 27.9. The van der Waals surface area contributed by atoms with E-state index in [4.69, 9.17) is 19.4 Å². The predicted octanol–water partition coefficient (Wildman–Crippen LogP) is 7.24. The number of unbranched alkanes of at least 4 members (excludes halogenated alkanes) is 2. The largest absolute Gasteiger partial charge is 0.440 e. The van der Waals surface area contributed by atoms with Crippen LogP contribution in [-0.4, -0.2) is 42.1 Å². The van der Waals surface area contributed by atoms with Crippen LogP contribution >= 0.6 is 0 Å². The first-order valence-electron chi connectivity index (χ1n) is 14.9. The van der Waals surface area contributed by atoms with Crippen molar-refractivity contribution in [2.75, 3.05) is 36.0 Å². The summed E-state index contributed by atoms with van der Waals surface area (Å²) in [6, 6.07) is 13.9. The summed E-state index contributed by atoms with van der Waals surface area (Å²) in [4.78, 5) is 27.9. The van der Waals surface area contributed by atoms with Gasteiger partial charge in [-0.2, -0.15) is 4.98 Å². The maximum absolute atomic E-state index is 13.3. The molecule has 0 amide bonds. The molecule has 2 aromatic carbocycles. The minimum Gasteiger partial charge on any atom is -0.440 e. The van der Waals surface area contributed by atoms with Crippen LogP contribution in [0.1, 0.15) is 93.0 Å². The molecule has 2 aliphatic rings. The molecule has 7 heteroatoms. The van der Waals surface area contributed by atoms with Crippen molar-refractivity contribution in [2.45, 2.75) is 72.8 Å². The van der Waals surface area contributed by atoms with Crippen LogP contribution in [0.15, 0.2) is 42.5 Å². The molecule has 1 unspecified atom stereocenters. The molecule has 212 valence electrons. The van der Waals surface area contributed by atoms with Gasteiger partial charge in [-0.15, -0.1) is 0 Å². The molecule has 1 atom stereocenters. The topological polar surface area (TPSA) is 67.8 Å². The molecule has 7 nitrogen and oxygen atoms in total. The van der Waals surface area contributed by atoms with E-state index in [1.165, 1.54) is 0 Å². The number of carbonyl (C=O) groups is 1. The maximum Gasteiger partial charge on any atom is 0.340 e. The minimum atomic E-state index is -1.16. The molecule has 0 bridgehead atoms. The van der Waals surface area contributed by atoms with Crippen LogP contribution in [0.2, 0.25) is 0 Å². The van der Waals surface area contributed by atoms with Crippen molar-refractivity contribution in [3.63, 3.8) is 0 Å². The quantitative estimate of drug-likeness (QED) is 0.237. The average Bonchev–Trinajstić information content (AvgIpc) is 3.23. The second-order valence-electron chi connectivity index (χ2n) is 11.3. The van der Waals surface area contributed by atoms with E-state index >= 15 is 0 Å². The summed E-state index contributed by atoms with van der Waals surface area (Å²) in [6.45, 7) is 16.6. The lowest BCUT2D eigenvalue weighted by Gasteiger charge is -2.38. The molecular weight excluding hydrogens is 500 g/mol. The Morgan fingerprint density at radius 3 is 2.33 bits per heavy atom. The first-order chi connectivity index (χ1) is 19.3. The third-order valence-corrected chi connectivity index (χ3v) is 7.90. The van der Waals surface area contributed by atoms with Crippen LogP contribution in [0.3, 0.4) is 0 Å². The molecule has 1 aromatic heterocycles. The van der Waals surface area contributed by atoms with Gasteiger partial charge in [0.1, 0.15) is 5.75 Å². The number of aryl methyl sites for hydroxylation is 1. The lowest BCUT2D eigenvalue weighted by Crippen LogP contribution is -2.36. The molecule has 0 N–H and O–H groups in total. The highest BCUT2D eigenvalue weighted by Crippen LogP contribution is 2.57. The molecule has 2 aliphatic heterocycles. The zero-order chi connectivity index (χ0) is 28.4. The summed E-state index contributed by atoms with van der Waals surface area (Å²) < 4.78 is 13.0. The van der Waals surface area contributed by atoms with Gasteiger partial charge in [-0.05, 0) is 50.8 Å². The van der Waals surface area contributed by atoms with E-state index in [2.05, 4.69) is 56.6 Å². The Balaban J connectivity index is 1.70. The zero-order valence-corrected chi connectivity index (χ0v) is 24.8. The summed E-state index contributed by atoms with van der Waals surface area (Å²) >= 11 is 0. The van der Waals surface area contributed by atoms with Crippen LogP contribution in [0.25, 0.3) is 0 Å². The number of aromatic nitrogens is 2. The van der Waals surface area contributed by atoms with Crippen molar-refractivity contribution < 1.29 is 14.3 Å². The van der Waals surface area contributed by atoms with Gasteiger partial charge < -0.3 is 19.3 Å². The Hall–Kier alpha value is -3.61. The molecule has 0 saturated carbocycles. The molecule has 0 fully saturated rings. The van der Waals surface area contributed by atoms with Crippen molar-refractivity contribution in [3.05, 3.63) is 70.4 Å². The summed E-state index contributed by atoms with van der Waals surface area (Å²) in [5.41, 5.74) is 3.55. The van der Waals surface area contributed by atoms with E-state index < -0.39 is 5.60 Å². The van der Waals surface area contributed by atoms with Gasteiger partial charge in [-0.1, -0.05) is 58.7 Å². The number of esters is 1. The van der Waals surface area contributed by atoms with Crippen molar-refractivity contribution >= 4 is 17.6 Å². The third kappa shape index (κ3) is 4.80. The van der Waals surface area contributed by atoms with Crippen LogP contribution < -0.4 is 14.5 Å². The number of hydrogen-bond acceptors (Lipinski definition) is 7. The molecule has 5 rings (SSSR count). The molecule has 1 spiro atoms. The third-order valence-electron chi connectivity index (χ3n) is 7.90. The van der Waals surface area contributed by atoms with Gasteiger partial charge in [-0.25, -0.2) is 9.78 Å². The van der Waals surface area contributed by atoms with E-state index in [0.717, 1.165) is 74.4 Å². The van der Waals surface area contributed by atoms with Crippen molar-refractivity contribution in [1.29, 1.82) is 0 Å². The zero-order valence-electron chi connectivity index (χ0n) is 24.8. The highest BCUT2D eigenvalue weighted by molar-refractivity contribution is 5.97. The van der Waals surface area contributed by atoms with Gasteiger partial charge in [0.25, 0.3) is 0 Å². The van der Waals surface area contributed by atoms with Crippen molar-refractivity contribution in [1.82, 2.24) is 9.97 Å². The first-order valence-corrected chi connectivity index (χ1v) is 14.9. The molecule has 0 saturated heterocycles. The molecule has 0 radical (unpaired) electrons. The molecule has 0 aliphatic carbocycles. The number of fused-ring (bicyclic) bond motifs is 6. The Morgan fingerprint density at radius 2 is 1.65 bits per heavy atom. The van der Waals surface area contributed by atoms with Crippen molar-refractivity contribution in [3.8, 4) is 11.6 Å². The number of anilines is 2. The Labute approximate surface area is 238 Å². The normalized spacial score (nSPS) is 16.8. The number of benzene rings is 2. The lowest BCUT2D eigenvalue weighted by atomic mass is 9.77. The monoisotopic (exact) mass is 542 g/mol. The SMILES string of the molecule is CCCCN(CCCC)c1nc(C)c2c(n1)Oc1cc(N(CC)CC(C)C)ccc1C21OC(=O)c2ccccc21. The van der Waals surface area contributed by atoms with E-state index in [1.54, 1.807) is 0 Å². The van der Waals surface area contributed by atoms with Gasteiger partial charge in [0.2, 0.25) is 11.8 Å². The van der Waals surface area contributed by atoms with Crippen LogP contribution in [0.4, 0.5) is 11.6 Å². The van der Waals surface area contributed by atoms with Crippen LogP contribution in [0, 0.1) is 12.8 Å². The van der Waals surface area contributed by atoms with Crippen LogP contribution in [0.5, 0.6) is 11.6 Å². The number of carbonyl (C=O) groups excluding carboxylic acids is 1. The highest BCUT2D eigenvalue weighted by Gasteiger charge is 2.55. The van der Waals surface area contributed by atoms with E-state index in [1.807, 2.05) is 37.3 Å². The van der Waals surface area contributed by atoms with Crippen LogP contribution in [-0.2, 0) is 10.3 Å². The predicted molar refractivity (Wildman–Crippen MR) is 160 cm³/mol. The summed E-state index contributed by atoms with van der Waals surface area (Å²) in [7, 11) is 0. The second-order valence-corrected chi connectivity index (χ2v) is 11.3. The number of ether oxygens (including phenoxy) is 2. The highest BCUT2D eigenvalue weighted by atomic mass is 16.6. The van der Waals surface area contributed by atoms with E-state index in [-0.39, 0.29) is 5.97 Å². The molecule has 3 heterocycles. The van der Waals surface area contributed by atoms with E-state index in [9.17, 15) is 4.79 Å². The Morgan fingerprint density at radius 1 is 0.925 bits per heavy atom. The molecular formula is C33H42N4O3. The lowest BCUT2D eigenvalue weighted by molar-refractivity contribution is 0.0218. The Kier molecular flexibility index (Phi) is 8.02. The maximum atomic E-state index is 13.3. The number of nitrogens with zero attached hydrogens (tertiary/aromatic N) is 4. The summed E-state index contributed by atoms with van der Waals surface area (Å²) in [5, 5.41) is 0. The standard InChI is InChI=1S/C33H42N4O3/c1-7-10-18-37(19-11-8-2)32-34-23(6)29-30(35-32)39-28-20-24(36(9-3)21-22(4)5)16-17-27(28)33(29)26-15-13-12-14-25(26)31(38)40-33/h12-17,20,22H,7-11,18-19,21H2,1-6H3.